The molecule has 0 aliphatic heterocycles. The van der Waals surface area contributed by atoms with Gasteiger partial charge in [0.15, 0.2) is 5.82 Å². The van der Waals surface area contributed by atoms with E-state index in [9.17, 15) is 0 Å². The second-order valence-electron chi connectivity index (χ2n) is 5.58. The third kappa shape index (κ3) is 3.34. The zero-order valence-corrected chi connectivity index (χ0v) is 15.5. The second kappa shape index (κ2) is 6.73. The van der Waals surface area contributed by atoms with Crippen LogP contribution in [0.1, 0.15) is 25.6 Å². The summed E-state index contributed by atoms with van der Waals surface area (Å²) in [5.41, 5.74) is 0. The van der Waals surface area contributed by atoms with Crippen molar-refractivity contribution in [1.82, 2.24) is 29.8 Å². The Hall–Kier alpha value is -2.20. The van der Waals surface area contributed by atoms with Gasteiger partial charge in [-0.15, -0.1) is 21.5 Å². The Bertz CT molecular complexity index is 799. The number of hydrogen-bond acceptors (Lipinski definition) is 9. The van der Waals surface area contributed by atoms with Gasteiger partial charge in [0.2, 0.25) is 16.3 Å². The highest BCUT2D eigenvalue weighted by atomic mass is 32.2. The van der Waals surface area contributed by atoms with Gasteiger partial charge in [-0.2, -0.15) is 9.97 Å². The van der Waals surface area contributed by atoms with E-state index in [2.05, 4.69) is 25.1 Å². The fourth-order valence-corrected chi connectivity index (χ4v) is 3.27. The Labute approximate surface area is 148 Å². The van der Waals surface area contributed by atoms with E-state index in [1.165, 1.54) is 16.4 Å². The molecule has 126 valence electrons. The second-order valence-corrected chi connectivity index (χ2v) is 7.46. The van der Waals surface area contributed by atoms with Gasteiger partial charge in [-0.3, -0.25) is 0 Å². The van der Waals surface area contributed by atoms with Crippen LogP contribution in [-0.4, -0.2) is 43.9 Å². The van der Waals surface area contributed by atoms with Gasteiger partial charge < -0.3 is 10.7 Å². The van der Waals surface area contributed by atoms with E-state index in [1.54, 1.807) is 11.3 Å². The van der Waals surface area contributed by atoms with Crippen LogP contribution in [0, 0.1) is 0 Å². The molecule has 0 aliphatic rings. The number of hydrogen-bond donors (Lipinski definition) is 1. The van der Waals surface area contributed by atoms with Gasteiger partial charge in [0.05, 0.1) is 4.88 Å². The first-order valence-corrected chi connectivity index (χ1v) is 9.01. The molecule has 0 amide bonds. The molecule has 0 fully saturated rings. The van der Waals surface area contributed by atoms with Crippen LogP contribution in [0.25, 0.3) is 10.7 Å². The number of nitrogens with two attached hydrogens (primary N) is 1. The summed E-state index contributed by atoms with van der Waals surface area (Å²) in [7, 11) is 3.79. The molecular formula is C14H18N8S2. The van der Waals surface area contributed by atoms with Gasteiger partial charge in [0.25, 0.3) is 0 Å². The van der Waals surface area contributed by atoms with Crippen LogP contribution in [0.3, 0.4) is 0 Å². The molecule has 0 atom stereocenters. The molecule has 0 spiro atoms. The average molecular weight is 362 g/mol. The third-order valence-electron chi connectivity index (χ3n) is 3.13. The van der Waals surface area contributed by atoms with Gasteiger partial charge in [-0.1, -0.05) is 19.9 Å². The van der Waals surface area contributed by atoms with Crippen LogP contribution < -0.4 is 10.7 Å². The zero-order valence-electron chi connectivity index (χ0n) is 13.8. The number of anilines is 1. The minimum Gasteiger partial charge on any atom is -0.347 e. The Morgan fingerprint density at radius 1 is 1.21 bits per heavy atom. The molecule has 3 aromatic heterocycles. The molecule has 8 nitrogen and oxygen atoms in total. The molecule has 3 rings (SSSR count). The summed E-state index contributed by atoms with van der Waals surface area (Å²) in [5.74, 6) is 8.30. The molecule has 3 aromatic rings. The lowest BCUT2D eigenvalue weighted by Crippen LogP contribution is -2.16. The van der Waals surface area contributed by atoms with Crippen molar-refractivity contribution in [2.24, 2.45) is 0 Å². The molecule has 0 aromatic carbocycles. The molecule has 24 heavy (non-hydrogen) atoms. The van der Waals surface area contributed by atoms with Crippen molar-refractivity contribution >= 4 is 29.0 Å². The van der Waals surface area contributed by atoms with E-state index in [4.69, 9.17) is 5.84 Å². The Morgan fingerprint density at radius 2 is 2.00 bits per heavy atom. The topological polar surface area (TPSA) is 98.6 Å². The zero-order chi connectivity index (χ0) is 17.3. The molecule has 0 bridgehead atoms. The van der Waals surface area contributed by atoms with Crippen LogP contribution in [0.2, 0.25) is 0 Å². The Balaban J connectivity index is 1.94. The summed E-state index contributed by atoms with van der Waals surface area (Å²) in [5, 5.41) is 11.4. The summed E-state index contributed by atoms with van der Waals surface area (Å²) in [4.78, 5) is 16.2. The molecule has 0 radical (unpaired) electrons. The monoisotopic (exact) mass is 362 g/mol. The van der Waals surface area contributed by atoms with Crippen molar-refractivity contribution in [3.63, 3.8) is 0 Å². The molecular weight excluding hydrogens is 344 g/mol. The highest BCUT2D eigenvalue weighted by molar-refractivity contribution is 7.99. The van der Waals surface area contributed by atoms with Crippen molar-refractivity contribution < 1.29 is 0 Å². The quantitative estimate of drug-likeness (QED) is 0.690. The minimum atomic E-state index is 0.198. The smallest absolute Gasteiger partial charge is 0.229 e. The first-order chi connectivity index (χ1) is 11.5. The predicted octanol–water partition coefficient (Wildman–Crippen LogP) is 2.25. The Kier molecular flexibility index (Phi) is 4.67. The van der Waals surface area contributed by atoms with E-state index in [0.717, 1.165) is 10.7 Å². The predicted molar refractivity (Wildman–Crippen MR) is 95.9 cm³/mol. The minimum absolute atomic E-state index is 0.198. The molecule has 0 saturated carbocycles. The largest absolute Gasteiger partial charge is 0.347 e. The van der Waals surface area contributed by atoms with E-state index >= 15 is 0 Å². The lowest BCUT2D eigenvalue weighted by atomic mass is 10.2. The number of thiophene rings is 1. The third-order valence-corrected chi connectivity index (χ3v) is 4.82. The SMILES string of the molecule is CC(C)c1nc(Sc2nnc(-c3cccs3)n2N)nc(N(C)C)n1. The molecule has 3 heterocycles. The van der Waals surface area contributed by atoms with Crippen LogP contribution >= 0.6 is 23.1 Å². The van der Waals surface area contributed by atoms with Crippen molar-refractivity contribution in [2.45, 2.75) is 30.1 Å². The van der Waals surface area contributed by atoms with Crippen LogP contribution in [-0.2, 0) is 0 Å². The average Bonchev–Trinajstić information content (AvgIpc) is 3.18. The van der Waals surface area contributed by atoms with E-state index in [-0.39, 0.29) is 5.92 Å². The van der Waals surface area contributed by atoms with Gasteiger partial charge in [-0.05, 0) is 23.2 Å². The molecule has 0 unspecified atom stereocenters. The van der Waals surface area contributed by atoms with Crippen molar-refractivity contribution in [2.75, 3.05) is 24.8 Å². The van der Waals surface area contributed by atoms with E-state index in [0.29, 0.717) is 22.1 Å². The maximum Gasteiger partial charge on any atom is 0.229 e. The number of nitrogens with zero attached hydrogens (tertiary/aromatic N) is 7. The number of aromatic nitrogens is 6. The summed E-state index contributed by atoms with van der Waals surface area (Å²) in [6.45, 7) is 4.09. The molecule has 10 heteroatoms. The summed E-state index contributed by atoms with van der Waals surface area (Å²) < 4.78 is 1.46. The highest BCUT2D eigenvalue weighted by Crippen LogP contribution is 2.28. The summed E-state index contributed by atoms with van der Waals surface area (Å²) >= 11 is 2.84. The molecule has 0 saturated heterocycles. The van der Waals surface area contributed by atoms with Crippen LogP contribution in [0.4, 0.5) is 5.95 Å². The fourth-order valence-electron chi connectivity index (χ4n) is 1.87. The van der Waals surface area contributed by atoms with Crippen LogP contribution in [0.15, 0.2) is 27.8 Å². The lowest BCUT2D eigenvalue weighted by Gasteiger charge is -2.13. The highest BCUT2D eigenvalue weighted by Gasteiger charge is 2.17. The normalized spacial score (nSPS) is 11.2. The van der Waals surface area contributed by atoms with Gasteiger partial charge >= 0.3 is 0 Å². The first-order valence-electron chi connectivity index (χ1n) is 7.31. The maximum atomic E-state index is 6.13. The van der Waals surface area contributed by atoms with Crippen molar-refractivity contribution in [3.8, 4) is 10.7 Å². The maximum absolute atomic E-state index is 6.13. The summed E-state index contributed by atoms with van der Waals surface area (Å²) in [6.07, 6.45) is 0. The van der Waals surface area contributed by atoms with Gasteiger partial charge in [-0.25, -0.2) is 9.66 Å². The first kappa shape index (κ1) is 16.7. The molecule has 2 N–H and O–H groups in total. The standard InChI is InChI=1S/C14H18N8S2/c1-8(2)10-16-12(21(3)4)18-13(17-10)24-14-20-19-11(22(14)15)9-6-5-7-23-9/h5-8H,15H2,1-4H3. The fraction of sp³-hybridized carbons (Fsp3) is 0.357. The lowest BCUT2D eigenvalue weighted by molar-refractivity contribution is 0.714. The van der Waals surface area contributed by atoms with Crippen molar-refractivity contribution in [3.05, 3.63) is 23.3 Å². The summed E-state index contributed by atoms with van der Waals surface area (Å²) in [6, 6.07) is 3.90. The van der Waals surface area contributed by atoms with E-state index in [1.807, 2.05) is 50.4 Å². The van der Waals surface area contributed by atoms with Crippen molar-refractivity contribution in [1.29, 1.82) is 0 Å². The Morgan fingerprint density at radius 3 is 2.62 bits per heavy atom. The number of nitrogen functional groups attached to an aromatic ring is 1. The number of rotatable bonds is 5. The molecule has 0 aliphatic carbocycles. The van der Waals surface area contributed by atoms with Gasteiger partial charge in [0, 0.05) is 20.0 Å². The van der Waals surface area contributed by atoms with Gasteiger partial charge in [0.1, 0.15) is 5.82 Å². The van der Waals surface area contributed by atoms with Crippen LogP contribution in [0.5, 0.6) is 0 Å². The van der Waals surface area contributed by atoms with E-state index < -0.39 is 0 Å².